The van der Waals surface area contributed by atoms with E-state index in [2.05, 4.69) is 0 Å². The minimum atomic E-state index is -0.473. The third-order valence-corrected chi connectivity index (χ3v) is 5.02. The summed E-state index contributed by atoms with van der Waals surface area (Å²) < 4.78 is 20.8. The van der Waals surface area contributed by atoms with E-state index in [4.69, 9.17) is 4.74 Å². The minimum Gasteiger partial charge on any atom is -0.481 e. The van der Waals surface area contributed by atoms with Crippen LogP contribution in [0.2, 0.25) is 0 Å². The largest absolute Gasteiger partial charge is 0.481 e. The van der Waals surface area contributed by atoms with Crippen LogP contribution in [0, 0.1) is 11.7 Å². The lowest BCUT2D eigenvalue weighted by atomic mass is 9.83. The number of benzene rings is 1. The molecule has 2 aliphatic rings. The summed E-state index contributed by atoms with van der Waals surface area (Å²) in [4.78, 5) is 26.3. The Bertz CT molecular complexity index is 864. The molecular formula is C19H19FN2O3. The van der Waals surface area contributed by atoms with Gasteiger partial charge < -0.3 is 14.2 Å². The van der Waals surface area contributed by atoms with Gasteiger partial charge in [0.15, 0.2) is 18.2 Å². The fourth-order valence-electron chi connectivity index (χ4n) is 3.89. The predicted octanol–water partition coefficient (Wildman–Crippen LogP) is 2.01. The van der Waals surface area contributed by atoms with E-state index in [0.717, 1.165) is 12.1 Å². The van der Waals surface area contributed by atoms with Gasteiger partial charge in [-0.25, -0.2) is 4.39 Å². The summed E-state index contributed by atoms with van der Waals surface area (Å²) in [5.41, 5.74) is 1.02. The molecular weight excluding hydrogens is 323 g/mol. The van der Waals surface area contributed by atoms with Crippen molar-refractivity contribution in [1.82, 2.24) is 9.47 Å². The quantitative estimate of drug-likeness (QED) is 0.857. The topological polar surface area (TPSA) is 51.5 Å². The van der Waals surface area contributed by atoms with Gasteiger partial charge in [-0.05, 0) is 30.5 Å². The summed E-state index contributed by atoms with van der Waals surface area (Å²) in [6.45, 7) is 1.64. The SMILES string of the molecule is O=C(COc1ccccc1F)N1C[C@@H]2C[C@@H](C1)c1cccc(=O)n1C2. The summed E-state index contributed by atoms with van der Waals surface area (Å²) >= 11 is 0. The van der Waals surface area contributed by atoms with E-state index in [-0.39, 0.29) is 35.7 Å². The van der Waals surface area contributed by atoms with Crippen molar-refractivity contribution < 1.29 is 13.9 Å². The molecule has 0 unspecified atom stereocenters. The molecule has 2 bridgehead atoms. The van der Waals surface area contributed by atoms with Crippen molar-refractivity contribution in [2.75, 3.05) is 19.7 Å². The molecule has 25 heavy (non-hydrogen) atoms. The molecule has 1 amide bonds. The van der Waals surface area contributed by atoms with Crippen molar-refractivity contribution in [3.05, 3.63) is 64.3 Å². The van der Waals surface area contributed by atoms with Crippen LogP contribution < -0.4 is 10.3 Å². The second-order valence-electron chi connectivity index (χ2n) is 6.72. The normalized spacial score (nSPS) is 21.6. The van der Waals surface area contributed by atoms with Crippen molar-refractivity contribution in [2.45, 2.75) is 18.9 Å². The van der Waals surface area contributed by atoms with Gasteiger partial charge in [0.05, 0.1) is 0 Å². The summed E-state index contributed by atoms with van der Waals surface area (Å²) in [5.74, 6) is -0.101. The first-order valence-electron chi connectivity index (χ1n) is 8.46. The van der Waals surface area contributed by atoms with Gasteiger partial charge in [-0.3, -0.25) is 9.59 Å². The molecule has 1 aromatic heterocycles. The number of amides is 1. The van der Waals surface area contributed by atoms with Crippen molar-refractivity contribution in [3.63, 3.8) is 0 Å². The number of ether oxygens (including phenoxy) is 1. The number of halogens is 1. The number of aromatic nitrogens is 1. The first-order valence-corrected chi connectivity index (χ1v) is 8.46. The molecule has 0 saturated carbocycles. The van der Waals surface area contributed by atoms with E-state index in [9.17, 15) is 14.0 Å². The number of carbonyl (C=O) groups is 1. The number of para-hydroxylation sites is 1. The molecule has 0 N–H and O–H groups in total. The van der Waals surface area contributed by atoms with Crippen LogP contribution in [0.15, 0.2) is 47.3 Å². The van der Waals surface area contributed by atoms with Gasteiger partial charge in [0, 0.05) is 37.3 Å². The molecule has 2 atom stereocenters. The smallest absolute Gasteiger partial charge is 0.260 e. The molecule has 1 saturated heterocycles. The van der Waals surface area contributed by atoms with E-state index in [1.165, 1.54) is 12.1 Å². The lowest BCUT2D eigenvalue weighted by Crippen LogP contribution is -2.50. The van der Waals surface area contributed by atoms with E-state index in [0.29, 0.717) is 19.6 Å². The molecule has 6 heteroatoms. The van der Waals surface area contributed by atoms with Crippen LogP contribution in [-0.2, 0) is 11.3 Å². The first-order chi connectivity index (χ1) is 12.1. The Morgan fingerprint density at radius 2 is 1.96 bits per heavy atom. The minimum absolute atomic E-state index is 0.0230. The second kappa shape index (κ2) is 6.35. The number of rotatable bonds is 3. The Hall–Kier alpha value is -2.63. The predicted molar refractivity (Wildman–Crippen MR) is 90.0 cm³/mol. The zero-order valence-corrected chi connectivity index (χ0v) is 13.7. The number of carbonyl (C=O) groups excluding carboxylic acids is 1. The lowest BCUT2D eigenvalue weighted by molar-refractivity contribution is -0.136. The van der Waals surface area contributed by atoms with E-state index < -0.39 is 5.82 Å². The van der Waals surface area contributed by atoms with Gasteiger partial charge in [-0.1, -0.05) is 18.2 Å². The molecule has 0 aliphatic carbocycles. The number of hydrogen-bond acceptors (Lipinski definition) is 3. The van der Waals surface area contributed by atoms with Crippen LogP contribution in [0.1, 0.15) is 18.0 Å². The number of likely N-dealkylation sites (tertiary alicyclic amines) is 1. The second-order valence-corrected chi connectivity index (χ2v) is 6.72. The highest BCUT2D eigenvalue weighted by atomic mass is 19.1. The van der Waals surface area contributed by atoms with Gasteiger partial charge in [-0.15, -0.1) is 0 Å². The van der Waals surface area contributed by atoms with Crippen LogP contribution in [0.3, 0.4) is 0 Å². The van der Waals surface area contributed by atoms with Crippen molar-refractivity contribution in [1.29, 1.82) is 0 Å². The third-order valence-electron chi connectivity index (χ3n) is 5.02. The molecule has 0 radical (unpaired) electrons. The number of hydrogen-bond donors (Lipinski definition) is 0. The van der Waals surface area contributed by atoms with Crippen molar-refractivity contribution in [3.8, 4) is 5.75 Å². The summed E-state index contributed by atoms with van der Waals surface area (Å²) in [6.07, 6.45) is 0.988. The van der Waals surface area contributed by atoms with E-state index >= 15 is 0 Å². The molecule has 130 valence electrons. The van der Waals surface area contributed by atoms with Gasteiger partial charge in [0.2, 0.25) is 0 Å². The Morgan fingerprint density at radius 1 is 1.12 bits per heavy atom. The fraction of sp³-hybridized carbons (Fsp3) is 0.368. The standard InChI is InChI=1S/C19H19FN2O3/c20-15-4-1-2-6-17(15)25-12-19(24)21-9-13-8-14(11-21)16-5-3-7-18(23)22(16)10-13/h1-7,13-14H,8-12H2/t13-,14-/m0/s1. The maximum absolute atomic E-state index is 13.6. The zero-order valence-electron chi connectivity index (χ0n) is 13.7. The first kappa shape index (κ1) is 15.9. The van der Waals surface area contributed by atoms with Crippen LogP contribution in [0.25, 0.3) is 0 Å². The number of nitrogens with zero attached hydrogens (tertiary/aromatic N) is 2. The van der Waals surface area contributed by atoms with Crippen molar-refractivity contribution >= 4 is 5.91 Å². The Morgan fingerprint density at radius 3 is 2.80 bits per heavy atom. The summed E-state index contributed by atoms with van der Waals surface area (Å²) in [7, 11) is 0. The van der Waals surface area contributed by atoms with Crippen LogP contribution in [0.4, 0.5) is 4.39 Å². The van der Waals surface area contributed by atoms with Gasteiger partial charge in [0.25, 0.3) is 11.5 Å². The van der Waals surface area contributed by atoms with Crippen molar-refractivity contribution in [2.24, 2.45) is 5.92 Å². The molecule has 1 fully saturated rings. The molecule has 2 aliphatic heterocycles. The maximum atomic E-state index is 13.6. The molecule has 5 nitrogen and oxygen atoms in total. The van der Waals surface area contributed by atoms with E-state index in [1.807, 2.05) is 10.6 Å². The highest BCUT2D eigenvalue weighted by molar-refractivity contribution is 5.78. The Kier molecular flexibility index (Phi) is 4.03. The lowest BCUT2D eigenvalue weighted by Gasteiger charge is -2.42. The van der Waals surface area contributed by atoms with Gasteiger partial charge in [0.1, 0.15) is 0 Å². The molecule has 4 rings (SSSR count). The molecule has 2 aromatic rings. The third kappa shape index (κ3) is 3.04. The van der Waals surface area contributed by atoms with Crippen LogP contribution >= 0.6 is 0 Å². The van der Waals surface area contributed by atoms with E-state index in [1.54, 1.807) is 29.2 Å². The molecule has 3 heterocycles. The average molecular weight is 342 g/mol. The highest BCUT2D eigenvalue weighted by Crippen LogP contribution is 2.34. The summed E-state index contributed by atoms with van der Waals surface area (Å²) in [5, 5.41) is 0. The number of fused-ring (bicyclic) bond motifs is 4. The van der Waals surface area contributed by atoms with Crippen LogP contribution in [-0.4, -0.2) is 35.1 Å². The molecule has 1 aromatic carbocycles. The molecule has 0 spiro atoms. The fourth-order valence-corrected chi connectivity index (χ4v) is 3.89. The van der Waals surface area contributed by atoms with Gasteiger partial charge in [-0.2, -0.15) is 0 Å². The van der Waals surface area contributed by atoms with Gasteiger partial charge >= 0.3 is 0 Å². The highest BCUT2D eigenvalue weighted by Gasteiger charge is 2.36. The summed E-state index contributed by atoms with van der Waals surface area (Å²) in [6, 6.07) is 11.4. The monoisotopic (exact) mass is 342 g/mol. The van der Waals surface area contributed by atoms with Crippen LogP contribution in [0.5, 0.6) is 5.75 Å². The average Bonchev–Trinajstić information content (AvgIpc) is 2.61. The number of piperidine rings is 1. The Labute approximate surface area is 144 Å². The number of pyridine rings is 1. The zero-order chi connectivity index (χ0) is 17.4. The Balaban J connectivity index is 1.46. The maximum Gasteiger partial charge on any atom is 0.260 e.